The highest BCUT2D eigenvalue weighted by molar-refractivity contribution is 4.69. The highest BCUT2D eigenvalue weighted by atomic mass is 14.2. The van der Waals surface area contributed by atoms with Gasteiger partial charge in [-0.25, -0.2) is 0 Å². The van der Waals surface area contributed by atoms with Crippen LogP contribution in [0.25, 0.3) is 0 Å². The van der Waals surface area contributed by atoms with E-state index in [0.717, 1.165) is 5.92 Å². The predicted octanol–water partition coefficient (Wildman–Crippen LogP) is 5.52. The summed E-state index contributed by atoms with van der Waals surface area (Å²) in [5.74, 6) is 0.912. The molecule has 0 heterocycles. The SMILES string of the molecule is C.C.CCCC(C)CC(C)(C)CC. The highest BCUT2D eigenvalue weighted by Gasteiger charge is 2.17. The smallest absolute Gasteiger partial charge is 0.0354 e. The van der Waals surface area contributed by atoms with Crippen molar-refractivity contribution in [2.24, 2.45) is 11.3 Å². The summed E-state index contributed by atoms with van der Waals surface area (Å²) in [4.78, 5) is 0. The molecule has 0 N–H and O–H groups in total. The van der Waals surface area contributed by atoms with Gasteiger partial charge in [0.05, 0.1) is 0 Å². The zero-order valence-corrected chi connectivity index (χ0v) is 8.91. The third-order valence-electron chi connectivity index (χ3n) is 2.64. The molecule has 0 rings (SSSR count). The molecule has 0 heteroatoms. The minimum Gasteiger partial charge on any atom is -0.0776 e. The summed E-state index contributed by atoms with van der Waals surface area (Å²) in [6, 6.07) is 0. The van der Waals surface area contributed by atoms with Crippen LogP contribution in [-0.2, 0) is 0 Å². The number of hydrogen-bond donors (Lipinski definition) is 0. The van der Waals surface area contributed by atoms with Crippen molar-refractivity contribution in [2.75, 3.05) is 0 Å². The van der Waals surface area contributed by atoms with Crippen LogP contribution in [0.15, 0.2) is 0 Å². The summed E-state index contributed by atoms with van der Waals surface area (Å²) in [5.41, 5.74) is 0.564. The molecule has 0 aliphatic carbocycles. The van der Waals surface area contributed by atoms with Gasteiger partial charge in [-0.1, -0.05) is 68.7 Å². The fraction of sp³-hybridized carbons (Fsp3) is 1.00. The van der Waals surface area contributed by atoms with Gasteiger partial charge in [0, 0.05) is 0 Å². The van der Waals surface area contributed by atoms with Crippen LogP contribution in [0.3, 0.4) is 0 Å². The quantitative estimate of drug-likeness (QED) is 0.533. The average molecular weight is 188 g/mol. The molecule has 1 atom stereocenters. The molecule has 0 radical (unpaired) electrons. The normalized spacial score (nSPS) is 12.7. The summed E-state index contributed by atoms with van der Waals surface area (Å²) in [6.45, 7) is 11.7. The zero-order valence-electron chi connectivity index (χ0n) is 8.91. The van der Waals surface area contributed by atoms with Gasteiger partial charge in [-0.15, -0.1) is 0 Å². The molecule has 84 valence electrons. The lowest BCUT2D eigenvalue weighted by molar-refractivity contribution is 0.258. The molecular formula is C13H32. The fourth-order valence-corrected chi connectivity index (χ4v) is 1.68. The van der Waals surface area contributed by atoms with Crippen LogP contribution in [0, 0.1) is 11.3 Å². The third kappa shape index (κ3) is 9.92. The van der Waals surface area contributed by atoms with Gasteiger partial charge < -0.3 is 0 Å². The summed E-state index contributed by atoms with van der Waals surface area (Å²) >= 11 is 0. The first-order chi connectivity index (χ1) is 5.02. The summed E-state index contributed by atoms with van der Waals surface area (Å²) in [6.07, 6.45) is 5.42. The predicted molar refractivity (Wildman–Crippen MR) is 66.2 cm³/mol. The molecule has 0 spiro atoms. The Hall–Kier alpha value is 0. The van der Waals surface area contributed by atoms with Crippen molar-refractivity contribution in [1.82, 2.24) is 0 Å². The van der Waals surface area contributed by atoms with Crippen LogP contribution < -0.4 is 0 Å². The van der Waals surface area contributed by atoms with E-state index >= 15 is 0 Å². The van der Waals surface area contributed by atoms with E-state index in [1.54, 1.807) is 0 Å². The second kappa shape index (κ2) is 8.59. The van der Waals surface area contributed by atoms with Crippen molar-refractivity contribution in [2.45, 2.75) is 75.2 Å². The Morgan fingerprint density at radius 1 is 1.08 bits per heavy atom. The fourth-order valence-electron chi connectivity index (χ4n) is 1.68. The van der Waals surface area contributed by atoms with E-state index < -0.39 is 0 Å². The van der Waals surface area contributed by atoms with Crippen LogP contribution in [-0.4, -0.2) is 0 Å². The maximum Gasteiger partial charge on any atom is -0.0354 e. The van der Waals surface area contributed by atoms with Crippen molar-refractivity contribution in [3.8, 4) is 0 Å². The minimum absolute atomic E-state index is 0. The molecule has 0 aromatic rings. The van der Waals surface area contributed by atoms with Gasteiger partial charge >= 0.3 is 0 Å². The average Bonchev–Trinajstić information content (AvgIpc) is 1.87. The van der Waals surface area contributed by atoms with E-state index in [0.29, 0.717) is 5.41 Å². The van der Waals surface area contributed by atoms with Gasteiger partial charge in [0.2, 0.25) is 0 Å². The second-order valence-corrected chi connectivity index (χ2v) is 4.62. The Labute approximate surface area is 87.1 Å². The van der Waals surface area contributed by atoms with Crippen molar-refractivity contribution >= 4 is 0 Å². The molecule has 0 aromatic carbocycles. The minimum atomic E-state index is 0. The maximum atomic E-state index is 2.38. The molecule has 0 bridgehead atoms. The molecule has 13 heavy (non-hydrogen) atoms. The largest absolute Gasteiger partial charge is 0.0776 e. The Kier molecular flexibility index (Phi) is 12.4. The maximum absolute atomic E-state index is 2.38. The molecule has 0 aliphatic heterocycles. The van der Waals surface area contributed by atoms with E-state index in [1.165, 1.54) is 25.7 Å². The van der Waals surface area contributed by atoms with Gasteiger partial charge in [-0.05, 0) is 17.8 Å². The van der Waals surface area contributed by atoms with Crippen LogP contribution in [0.1, 0.15) is 75.2 Å². The van der Waals surface area contributed by atoms with Crippen molar-refractivity contribution in [3.05, 3.63) is 0 Å². The second-order valence-electron chi connectivity index (χ2n) is 4.62. The van der Waals surface area contributed by atoms with Crippen molar-refractivity contribution in [3.63, 3.8) is 0 Å². The lowest BCUT2D eigenvalue weighted by atomic mass is 9.80. The lowest BCUT2D eigenvalue weighted by Gasteiger charge is -2.26. The van der Waals surface area contributed by atoms with Crippen LogP contribution >= 0.6 is 0 Å². The van der Waals surface area contributed by atoms with Gasteiger partial charge in [0.15, 0.2) is 0 Å². The Balaban J connectivity index is -0.000000500. The van der Waals surface area contributed by atoms with Gasteiger partial charge in [0.1, 0.15) is 0 Å². The molecule has 0 saturated carbocycles. The summed E-state index contributed by atoms with van der Waals surface area (Å²) in [5, 5.41) is 0. The van der Waals surface area contributed by atoms with Gasteiger partial charge in [-0.2, -0.15) is 0 Å². The van der Waals surface area contributed by atoms with Crippen LogP contribution in [0.4, 0.5) is 0 Å². The summed E-state index contributed by atoms with van der Waals surface area (Å²) < 4.78 is 0. The van der Waals surface area contributed by atoms with Crippen LogP contribution in [0.5, 0.6) is 0 Å². The van der Waals surface area contributed by atoms with Gasteiger partial charge in [-0.3, -0.25) is 0 Å². The van der Waals surface area contributed by atoms with Crippen LogP contribution in [0.2, 0.25) is 0 Å². The Bertz CT molecular complexity index is 92.2. The first-order valence-corrected chi connectivity index (χ1v) is 5.02. The summed E-state index contributed by atoms with van der Waals surface area (Å²) in [7, 11) is 0. The van der Waals surface area contributed by atoms with E-state index in [2.05, 4.69) is 34.6 Å². The zero-order chi connectivity index (χ0) is 8.91. The number of rotatable bonds is 5. The molecule has 1 unspecified atom stereocenters. The van der Waals surface area contributed by atoms with E-state index in [9.17, 15) is 0 Å². The molecule has 0 saturated heterocycles. The molecular weight excluding hydrogens is 156 g/mol. The molecule has 0 amide bonds. The number of hydrogen-bond acceptors (Lipinski definition) is 0. The van der Waals surface area contributed by atoms with E-state index in [4.69, 9.17) is 0 Å². The topological polar surface area (TPSA) is 0 Å². The Morgan fingerprint density at radius 3 is 1.85 bits per heavy atom. The standard InChI is InChI=1S/C11H24.2CH4/c1-6-8-10(3)9-11(4,5)7-2;;/h10H,6-9H2,1-5H3;2*1H4. The van der Waals surface area contributed by atoms with Crippen molar-refractivity contribution < 1.29 is 0 Å². The van der Waals surface area contributed by atoms with E-state index in [-0.39, 0.29) is 14.9 Å². The first kappa shape index (κ1) is 18.7. The van der Waals surface area contributed by atoms with Crippen molar-refractivity contribution in [1.29, 1.82) is 0 Å². The van der Waals surface area contributed by atoms with E-state index in [1.807, 2.05) is 0 Å². The molecule has 0 aromatic heterocycles. The molecule has 0 aliphatic rings. The molecule has 0 nitrogen and oxygen atoms in total. The monoisotopic (exact) mass is 188 g/mol. The Morgan fingerprint density at radius 2 is 1.54 bits per heavy atom. The molecule has 0 fully saturated rings. The first-order valence-electron chi connectivity index (χ1n) is 5.02. The van der Waals surface area contributed by atoms with Gasteiger partial charge in [0.25, 0.3) is 0 Å². The highest BCUT2D eigenvalue weighted by Crippen LogP contribution is 2.30. The lowest BCUT2D eigenvalue weighted by Crippen LogP contribution is -2.14. The third-order valence-corrected chi connectivity index (χ3v) is 2.64.